The summed E-state index contributed by atoms with van der Waals surface area (Å²) in [5, 5.41) is 0. The largest absolute Gasteiger partial charge is 0.772 e. The fraction of sp³-hybridized carbons (Fsp3) is 1.00. The van der Waals surface area contributed by atoms with Gasteiger partial charge in [-0.15, -0.1) is 8.58 Å². The molecule has 0 aromatic rings. The van der Waals surface area contributed by atoms with Crippen molar-refractivity contribution in [2.75, 3.05) is 12.2 Å². The molecule has 0 amide bonds. The van der Waals surface area contributed by atoms with Crippen molar-refractivity contribution in [1.29, 1.82) is 0 Å². The van der Waals surface area contributed by atoms with Gasteiger partial charge >= 0.3 is 0 Å². The number of hydrogen-bond donors (Lipinski definition) is 0. The molecule has 2 unspecified atom stereocenters. The molecule has 38 valence electrons. The van der Waals surface area contributed by atoms with Crippen molar-refractivity contribution in [2.24, 2.45) is 0 Å². The van der Waals surface area contributed by atoms with E-state index < -0.39 is 11.1 Å². The number of rotatable bonds is 2. The van der Waals surface area contributed by atoms with Gasteiger partial charge < -0.3 is 4.55 Å². The Hall–Kier alpha value is 0.540. The lowest BCUT2D eigenvalue weighted by Gasteiger charge is -1.97. The van der Waals surface area contributed by atoms with Crippen molar-refractivity contribution in [3.8, 4) is 0 Å². The molecular formula is C2H6O2PS-. The van der Waals surface area contributed by atoms with Crippen LogP contribution in [0.1, 0.15) is 0 Å². The lowest BCUT2D eigenvalue weighted by Crippen LogP contribution is -1.85. The van der Waals surface area contributed by atoms with Crippen molar-refractivity contribution in [2.45, 2.75) is 0 Å². The molecule has 0 fully saturated rings. The molecule has 0 saturated carbocycles. The average Bonchev–Trinajstić information content (AvgIpc) is 1.35. The van der Waals surface area contributed by atoms with Crippen LogP contribution in [0.5, 0.6) is 0 Å². The van der Waals surface area contributed by atoms with E-state index in [0.29, 0.717) is 14.1 Å². The molecule has 0 aromatic carbocycles. The Labute approximate surface area is 41.4 Å². The predicted octanol–water partition coefficient (Wildman–Crippen LogP) is 0.131. The Morgan fingerprint density at radius 2 is 2.50 bits per heavy atom. The smallest absolute Gasteiger partial charge is 0.0273 e. The third kappa shape index (κ3) is 4.54. The maximum atomic E-state index is 9.61. The van der Waals surface area contributed by atoms with Crippen LogP contribution >= 0.6 is 8.58 Å². The molecule has 0 aliphatic carbocycles. The van der Waals surface area contributed by atoms with Gasteiger partial charge in [-0.05, 0) is 6.66 Å². The maximum absolute atomic E-state index is 9.61. The van der Waals surface area contributed by atoms with Crippen molar-refractivity contribution >= 4 is 19.7 Å². The van der Waals surface area contributed by atoms with Crippen LogP contribution in [0, 0.1) is 0 Å². The van der Waals surface area contributed by atoms with E-state index in [1.807, 2.05) is 6.66 Å². The van der Waals surface area contributed by atoms with Crippen LogP contribution in [0.3, 0.4) is 0 Å². The van der Waals surface area contributed by atoms with Crippen LogP contribution in [-0.4, -0.2) is 20.9 Å². The van der Waals surface area contributed by atoms with Crippen molar-refractivity contribution in [3.05, 3.63) is 0 Å². The van der Waals surface area contributed by atoms with Gasteiger partial charge in [-0.2, -0.15) is 0 Å². The fourth-order valence-electron chi connectivity index (χ4n) is 0.118. The quantitative estimate of drug-likeness (QED) is 0.388. The highest BCUT2D eigenvalue weighted by Gasteiger charge is 1.72. The lowest BCUT2D eigenvalue weighted by molar-refractivity contribution is 0.542. The van der Waals surface area contributed by atoms with Gasteiger partial charge in [0.1, 0.15) is 0 Å². The Morgan fingerprint density at radius 3 is 2.50 bits per heavy atom. The zero-order valence-electron chi connectivity index (χ0n) is 3.43. The zero-order chi connectivity index (χ0) is 4.99. The predicted molar refractivity (Wildman–Crippen MR) is 28.0 cm³/mol. The second-order valence-corrected chi connectivity index (χ2v) is 3.27. The van der Waals surface area contributed by atoms with Gasteiger partial charge in [0.05, 0.1) is 0 Å². The summed E-state index contributed by atoms with van der Waals surface area (Å²) in [6.07, 6.45) is 0. The third-order valence-electron chi connectivity index (χ3n) is 0.262. The van der Waals surface area contributed by atoms with Crippen LogP contribution in [0.25, 0.3) is 0 Å². The van der Waals surface area contributed by atoms with Gasteiger partial charge in [-0.25, -0.2) is 0 Å². The van der Waals surface area contributed by atoms with E-state index in [1.165, 1.54) is 0 Å². The highest BCUT2D eigenvalue weighted by Crippen LogP contribution is 2.00. The first-order valence-electron chi connectivity index (χ1n) is 1.48. The van der Waals surface area contributed by atoms with Crippen LogP contribution in [-0.2, 0) is 11.1 Å². The standard InChI is InChI=1S/C2H7O2PS/c1-5-2-6(3)4/h5H,2H2,1H3,(H,3,4)/p-1. The molecule has 0 heterocycles. The summed E-state index contributed by atoms with van der Waals surface area (Å²) in [6, 6.07) is 0. The minimum absolute atomic E-state index is 0.319. The van der Waals surface area contributed by atoms with Gasteiger partial charge in [-0.1, -0.05) is 11.1 Å². The summed E-state index contributed by atoms with van der Waals surface area (Å²) in [6.45, 7) is 1.86. The number of hydrogen-bond acceptors (Lipinski definition) is 2. The van der Waals surface area contributed by atoms with Crippen LogP contribution in [0.4, 0.5) is 0 Å². The first-order chi connectivity index (χ1) is 2.77. The molecule has 0 bridgehead atoms. The monoisotopic (exact) mass is 125 g/mol. The van der Waals surface area contributed by atoms with Gasteiger partial charge in [0.25, 0.3) is 0 Å². The molecule has 0 aliphatic rings. The second kappa shape index (κ2) is 3.72. The lowest BCUT2D eigenvalue weighted by atomic mass is 11.9. The normalized spacial score (nSPS) is 16.3. The summed E-state index contributed by atoms with van der Waals surface area (Å²) in [5.41, 5.74) is 0.319. The van der Waals surface area contributed by atoms with E-state index in [0.717, 1.165) is 0 Å². The minimum Gasteiger partial charge on any atom is -0.772 e. The summed E-state index contributed by atoms with van der Waals surface area (Å²) >= 11 is -1.80. The summed E-state index contributed by atoms with van der Waals surface area (Å²) < 4.78 is 19.2. The molecule has 2 nitrogen and oxygen atoms in total. The SMILES string of the molecule is CPCS(=O)[O-]. The highest BCUT2D eigenvalue weighted by atomic mass is 32.2. The summed E-state index contributed by atoms with van der Waals surface area (Å²) in [4.78, 5) is 0. The van der Waals surface area contributed by atoms with Gasteiger partial charge in [0, 0.05) is 5.49 Å². The molecule has 0 aliphatic heterocycles. The van der Waals surface area contributed by atoms with E-state index in [4.69, 9.17) is 0 Å². The van der Waals surface area contributed by atoms with Gasteiger partial charge in [0.2, 0.25) is 0 Å². The van der Waals surface area contributed by atoms with Gasteiger partial charge in [0.15, 0.2) is 0 Å². The molecule has 0 saturated heterocycles. The molecule has 0 N–H and O–H groups in total. The van der Waals surface area contributed by atoms with Crippen molar-refractivity contribution < 1.29 is 8.76 Å². The maximum Gasteiger partial charge on any atom is 0.0273 e. The molecule has 4 heteroatoms. The molecule has 6 heavy (non-hydrogen) atoms. The molecular weight excluding hydrogens is 119 g/mol. The first kappa shape index (κ1) is 6.54. The van der Waals surface area contributed by atoms with Crippen molar-refractivity contribution in [1.82, 2.24) is 0 Å². The Bertz CT molecular complexity index is 55.5. The molecule has 0 spiro atoms. The Kier molecular flexibility index (Phi) is 4.06. The van der Waals surface area contributed by atoms with Crippen LogP contribution < -0.4 is 0 Å². The van der Waals surface area contributed by atoms with E-state index in [-0.39, 0.29) is 0 Å². The van der Waals surface area contributed by atoms with E-state index in [9.17, 15) is 8.76 Å². The van der Waals surface area contributed by atoms with E-state index >= 15 is 0 Å². The minimum atomic E-state index is -1.80. The third-order valence-corrected chi connectivity index (χ3v) is 2.36. The van der Waals surface area contributed by atoms with Crippen molar-refractivity contribution in [3.63, 3.8) is 0 Å². The highest BCUT2D eigenvalue weighted by molar-refractivity contribution is 7.85. The Balaban J connectivity index is 2.83. The first-order valence-corrected chi connectivity index (χ1v) is 4.43. The molecule has 0 aromatic heterocycles. The fourth-order valence-corrected chi connectivity index (χ4v) is 1.06. The zero-order valence-corrected chi connectivity index (χ0v) is 5.25. The Morgan fingerprint density at radius 1 is 2.00 bits per heavy atom. The van der Waals surface area contributed by atoms with Crippen LogP contribution in [0.15, 0.2) is 0 Å². The summed E-state index contributed by atoms with van der Waals surface area (Å²) in [5.74, 6) is 0. The molecule has 2 atom stereocenters. The second-order valence-electron chi connectivity index (χ2n) is 0.802. The molecule has 0 radical (unpaired) electrons. The topological polar surface area (TPSA) is 40.1 Å². The molecule has 0 rings (SSSR count). The van der Waals surface area contributed by atoms with Gasteiger partial charge in [-0.3, -0.25) is 4.21 Å². The van der Waals surface area contributed by atoms with Crippen LogP contribution in [0.2, 0.25) is 0 Å². The average molecular weight is 125 g/mol. The van der Waals surface area contributed by atoms with E-state index in [2.05, 4.69) is 0 Å². The van der Waals surface area contributed by atoms with E-state index in [1.54, 1.807) is 0 Å². The summed E-state index contributed by atoms with van der Waals surface area (Å²) in [7, 11) is 0.525.